The van der Waals surface area contributed by atoms with Gasteiger partial charge in [-0.25, -0.2) is 8.42 Å². The van der Waals surface area contributed by atoms with Gasteiger partial charge in [-0.2, -0.15) is 4.31 Å². The highest BCUT2D eigenvalue weighted by molar-refractivity contribution is 7.89. The first-order valence-corrected chi connectivity index (χ1v) is 10.3. The topological polar surface area (TPSA) is 69.7 Å². The van der Waals surface area contributed by atoms with Crippen LogP contribution in [0.15, 0.2) is 23.1 Å². The van der Waals surface area contributed by atoms with Gasteiger partial charge in [0.25, 0.3) is 5.91 Å². The molecule has 0 bridgehead atoms. The number of nitrogens with one attached hydrogen (secondary N) is 1. The minimum absolute atomic E-state index is 0.0646. The molecule has 0 radical (unpaired) electrons. The van der Waals surface area contributed by atoms with Crippen LogP contribution in [0, 0.1) is 6.92 Å². The van der Waals surface area contributed by atoms with Crippen molar-refractivity contribution in [2.45, 2.75) is 44.6 Å². The van der Waals surface area contributed by atoms with Crippen molar-refractivity contribution in [2.75, 3.05) is 33.2 Å². The number of nitrogens with zero attached hydrogens (tertiary/aromatic N) is 2. The Balaban J connectivity index is 2.24. The van der Waals surface area contributed by atoms with Gasteiger partial charge in [-0.15, -0.1) is 0 Å². The van der Waals surface area contributed by atoms with Crippen LogP contribution in [0.25, 0.3) is 0 Å². The van der Waals surface area contributed by atoms with Gasteiger partial charge in [0.15, 0.2) is 0 Å². The highest BCUT2D eigenvalue weighted by Gasteiger charge is 2.28. The second kappa shape index (κ2) is 8.29. The highest BCUT2D eigenvalue weighted by atomic mass is 32.2. The first-order chi connectivity index (χ1) is 11.8. The molecule has 1 N–H and O–H groups in total. The fraction of sp³-hybridized carbons (Fsp3) is 0.611. The maximum absolute atomic E-state index is 12.9. The van der Waals surface area contributed by atoms with Gasteiger partial charge < -0.3 is 10.2 Å². The number of carbonyl (C=O) groups is 1. The Bertz CT molecular complexity index is 710. The number of hydrogen-bond acceptors (Lipinski definition) is 4. The van der Waals surface area contributed by atoms with Crippen molar-refractivity contribution in [1.82, 2.24) is 14.5 Å². The average Bonchev–Trinajstić information content (AvgIpc) is 2.55. The molecular formula is C18H29N3O3S. The molecule has 0 spiro atoms. The van der Waals surface area contributed by atoms with Gasteiger partial charge in [0.2, 0.25) is 10.0 Å². The monoisotopic (exact) mass is 367 g/mol. The van der Waals surface area contributed by atoms with Crippen LogP contribution < -0.4 is 5.32 Å². The third kappa shape index (κ3) is 4.80. The first kappa shape index (κ1) is 19.9. The first-order valence-electron chi connectivity index (χ1n) is 8.86. The number of aryl methyl sites for hydroxylation is 1. The molecule has 1 heterocycles. The Morgan fingerprint density at radius 2 is 1.88 bits per heavy atom. The Labute approximate surface area is 151 Å². The summed E-state index contributed by atoms with van der Waals surface area (Å²) in [5.74, 6) is -0.214. The summed E-state index contributed by atoms with van der Waals surface area (Å²) < 4.78 is 27.3. The second-order valence-corrected chi connectivity index (χ2v) is 8.79. The zero-order valence-electron chi connectivity index (χ0n) is 15.6. The number of sulfonamides is 1. The summed E-state index contributed by atoms with van der Waals surface area (Å²) in [6.45, 7) is 8.23. The van der Waals surface area contributed by atoms with Crippen molar-refractivity contribution in [3.8, 4) is 0 Å². The molecule has 25 heavy (non-hydrogen) atoms. The Morgan fingerprint density at radius 3 is 2.48 bits per heavy atom. The van der Waals surface area contributed by atoms with Gasteiger partial charge in [-0.05, 0) is 45.0 Å². The molecule has 1 aromatic carbocycles. The quantitative estimate of drug-likeness (QED) is 0.833. The van der Waals surface area contributed by atoms with Crippen molar-refractivity contribution >= 4 is 15.9 Å². The van der Waals surface area contributed by atoms with E-state index in [2.05, 4.69) is 17.1 Å². The predicted molar refractivity (Wildman–Crippen MR) is 99.3 cm³/mol. The van der Waals surface area contributed by atoms with Gasteiger partial charge in [0.05, 0.1) is 4.90 Å². The molecule has 1 aliphatic heterocycles. The number of piperazine rings is 1. The summed E-state index contributed by atoms with van der Waals surface area (Å²) >= 11 is 0. The molecule has 0 aliphatic carbocycles. The Kier molecular flexibility index (Phi) is 6.59. The summed E-state index contributed by atoms with van der Waals surface area (Å²) in [6, 6.07) is 4.88. The molecule has 2 rings (SSSR count). The summed E-state index contributed by atoms with van der Waals surface area (Å²) in [5, 5.41) is 2.95. The van der Waals surface area contributed by atoms with E-state index in [0.29, 0.717) is 31.7 Å². The van der Waals surface area contributed by atoms with E-state index in [1.807, 2.05) is 20.9 Å². The van der Waals surface area contributed by atoms with Crippen LogP contribution in [-0.4, -0.2) is 62.8 Å². The summed E-state index contributed by atoms with van der Waals surface area (Å²) in [6.07, 6.45) is 1.88. The van der Waals surface area contributed by atoms with Gasteiger partial charge in [0, 0.05) is 37.8 Å². The predicted octanol–water partition coefficient (Wildman–Crippen LogP) is 1.85. The van der Waals surface area contributed by atoms with Crippen LogP contribution in [0.3, 0.4) is 0 Å². The maximum atomic E-state index is 12.9. The number of carbonyl (C=O) groups excluding carboxylic acids is 1. The van der Waals surface area contributed by atoms with Crippen molar-refractivity contribution in [3.63, 3.8) is 0 Å². The van der Waals surface area contributed by atoms with Crippen LogP contribution in [-0.2, 0) is 10.0 Å². The largest absolute Gasteiger partial charge is 0.350 e. The lowest BCUT2D eigenvalue weighted by atomic mass is 10.1. The van der Waals surface area contributed by atoms with E-state index >= 15 is 0 Å². The maximum Gasteiger partial charge on any atom is 0.251 e. The lowest BCUT2D eigenvalue weighted by molar-refractivity contribution is 0.0937. The van der Waals surface area contributed by atoms with Crippen molar-refractivity contribution in [2.24, 2.45) is 0 Å². The number of benzene rings is 1. The van der Waals surface area contributed by atoms with E-state index in [0.717, 1.165) is 18.4 Å². The van der Waals surface area contributed by atoms with Crippen LogP contribution in [0.1, 0.15) is 42.6 Å². The average molecular weight is 368 g/mol. The fourth-order valence-corrected chi connectivity index (χ4v) is 4.44. The van der Waals surface area contributed by atoms with Gasteiger partial charge in [-0.1, -0.05) is 19.4 Å². The second-order valence-electron chi connectivity index (χ2n) is 6.85. The summed E-state index contributed by atoms with van der Waals surface area (Å²) in [7, 11) is -1.59. The Hall–Kier alpha value is -1.44. The standard InChI is InChI=1S/C18H29N3O3S/c1-5-6-15(3)19-18(22)17-13-16(8-7-14(17)2)25(23,24)21-11-9-20(4)10-12-21/h7-8,13,15H,5-6,9-12H2,1-4H3,(H,19,22). The molecule has 1 atom stereocenters. The van der Waals surface area contributed by atoms with E-state index in [1.165, 1.54) is 10.4 Å². The fourth-order valence-electron chi connectivity index (χ4n) is 2.99. The molecule has 1 saturated heterocycles. The zero-order chi connectivity index (χ0) is 18.6. The van der Waals surface area contributed by atoms with Crippen LogP contribution >= 0.6 is 0 Å². The third-order valence-corrected chi connectivity index (χ3v) is 6.55. The van der Waals surface area contributed by atoms with Crippen LogP contribution in [0.4, 0.5) is 0 Å². The molecule has 1 unspecified atom stereocenters. The SMILES string of the molecule is CCCC(C)NC(=O)c1cc(S(=O)(=O)N2CCN(C)CC2)ccc1C. The molecule has 1 amide bonds. The van der Waals surface area contributed by atoms with E-state index in [1.54, 1.807) is 12.1 Å². The van der Waals surface area contributed by atoms with Crippen LogP contribution in [0.2, 0.25) is 0 Å². The van der Waals surface area contributed by atoms with E-state index < -0.39 is 10.0 Å². The molecule has 1 aromatic rings. The normalized spacial score (nSPS) is 18.1. The number of amides is 1. The van der Waals surface area contributed by atoms with Crippen molar-refractivity contribution in [3.05, 3.63) is 29.3 Å². The van der Waals surface area contributed by atoms with Crippen molar-refractivity contribution in [1.29, 1.82) is 0 Å². The molecule has 1 aliphatic rings. The van der Waals surface area contributed by atoms with Gasteiger partial charge in [-0.3, -0.25) is 4.79 Å². The lowest BCUT2D eigenvalue weighted by Gasteiger charge is -2.31. The number of likely N-dealkylation sites (N-methyl/N-ethyl adjacent to an activating group) is 1. The molecule has 7 heteroatoms. The lowest BCUT2D eigenvalue weighted by Crippen LogP contribution is -2.47. The van der Waals surface area contributed by atoms with Crippen LogP contribution in [0.5, 0.6) is 0 Å². The highest BCUT2D eigenvalue weighted by Crippen LogP contribution is 2.21. The van der Waals surface area contributed by atoms with Gasteiger partial charge >= 0.3 is 0 Å². The van der Waals surface area contributed by atoms with Gasteiger partial charge in [0.1, 0.15) is 0 Å². The summed E-state index contributed by atoms with van der Waals surface area (Å²) in [4.78, 5) is 14.8. The smallest absolute Gasteiger partial charge is 0.251 e. The molecule has 140 valence electrons. The van der Waals surface area contributed by atoms with E-state index in [-0.39, 0.29) is 16.8 Å². The number of rotatable bonds is 6. The van der Waals surface area contributed by atoms with Crippen molar-refractivity contribution < 1.29 is 13.2 Å². The zero-order valence-corrected chi connectivity index (χ0v) is 16.4. The minimum atomic E-state index is -3.57. The molecule has 0 saturated carbocycles. The molecule has 0 aromatic heterocycles. The molecule has 1 fully saturated rings. The minimum Gasteiger partial charge on any atom is -0.350 e. The molecular weight excluding hydrogens is 338 g/mol. The summed E-state index contributed by atoms with van der Waals surface area (Å²) in [5.41, 5.74) is 1.21. The van der Waals surface area contributed by atoms with E-state index in [4.69, 9.17) is 0 Å². The molecule has 6 nitrogen and oxygen atoms in total. The Morgan fingerprint density at radius 1 is 1.24 bits per heavy atom. The van der Waals surface area contributed by atoms with E-state index in [9.17, 15) is 13.2 Å². The number of hydrogen-bond donors (Lipinski definition) is 1. The third-order valence-electron chi connectivity index (χ3n) is 4.65.